The standard InChI is InChI=1S/C21H29N3O4/c1-28-14-19(25)23-11-15-10-16(13-23)18-7-6-17(21(27)24(18)12-15)20(26)22-8-4-2-3-5-9-22/h6-7,15-16H,2-5,8-14H2,1H3/t15-,16+/m0/s1. The topological polar surface area (TPSA) is 71.8 Å². The van der Waals surface area contributed by atoms with Crippen LogP contribution in [0.2, 0.25) is 0 Å². The monoisotopic (exact) mass is 387 g/mol. The van der Waals surface area contributed by atoms with Gasteiger partial charge in [0.25, 0.3) is 11.5 Å². The van der Waals surface area contributed by atoms with Crippen molar-refractivity contribution in [3.63, 3.8) is 0 Å². The van der Waals surface area contributed by atoms with Gasteiger partial charge in [-0.15, -0.1) is 0 Å². The van der Waals surface area contributed by atoms with Gasteiger partial charge in [0.1, 0.15) is 12.2 Å². The maximum atomic E-state index is 13.1. The first-order valence-electron chi connectivity index (χ1n) is 10.4. The predicted octanol–water partition coefficient (Wildman–Crippen LogP) is 1.46. The number of hydrogen-bond donors (Lipinski definition) is 0. The fraction of sp³-hybridized carbons (Fsp3) is 0.667. The molecule has 3 aliphatic heterocycles. The van der Waals surface area contributed by atoms with Crippen LogP contribution in [0.5, 0.6) is 0 Å². The van der Waals surface area contributed by atoms with E-state index in [-0.39, 0.29) is 41.4 Å². The van der Waals surface area contributed by atoms with Crippen molar-refractivity contribution >= 4 is 11.8 Å². The third-order valence-corrected chi connectivity index (χ3v) is 6.35. The molecule has 0 unspecified atom stereocenters. The summed E-state index contributed by atoms with van der Waals surface area (Å²) in [4.78, 5) is 42.0. The Bertz CT molecular complexity index is 810. The van der Waals surface area contributed by atoms with Crippen LogP contribution in [-0.2, 0) is 16.1 Å². The SMILES string of the molecule is COCC(=O)N1C[C@@H]2C[C@H](C1)c1ccc(C(=O)N3CCCCCC3)c(=O)n1C2. The van der Waals surface area contributed by atoms with Crippen molar-refractivity contribution in [1.82, 2.24) is 14.4 Å². The molecule has 2 amide bonds. The quantitative estimate of drug-likeness (QED) is 0.787. The molecule has 1 aromatic heterocycles. The first-order chi connectivity index (χ1) is 13.6. The number of methoxy groups -OCH3 is 1. The molecule has 3 aliphatic rings. The zero-order chi connectivity index (χ0) is 19.7. The number of ether oxygens (including phenoxy) is 1. The number of aromatic nitrogens is 1. The largest absolute Gasteiger partial charge is 0.375 e. The Morgan fingerprint density at radius 3 is 2.50 bits per heavy atom. The van der Waals surface area contributed by atoms with Crippen LogP contribution >= 0.6 is 0 Å². The minimum atomic E-state index is -0.168. The summed E-state index contributed by atoms with van der Waals surface area (Å²) in [6, 6.07) is 3.63. The molecule has 7 nitrogen and oxygen atoms in total. The van der Waals surface area contributed by atoms with E-state index >= 15 is 0 Å². The molecule has 4 rings (SSSR count). The van der Waals surface area contributed by atoms with Crippen molar-refractivity contribution in [2.24, 2.45) is 5.92 Å². The Hall–Kier alpha value is -2.15. The third kappa shape index (κ3) is 3.60. The second-order valence-corrected chi connectivity index (χ2v) is 8.32. The summed E-state index contributed by atoms with van der Waals surface area (Å²) in [5.41, 5.74) is 1.07. The van der Waals surface area contributed by atoms with E-state index in [0.29, 0.717) is 19.6 Å². The predicted molar refractivity (Wildman–Crippen MR) is 104 cm³/mol. The lowest BCUT2D eigenvalue weighted by Gasteiger charge is -2.42. The summed E-state index contributed by atoms with van der Waals surface area (Å²) >= 11 is 0. The molecule has 0 spiro atoms. The second-order valence-electron chi connectivity index (χ2n) is 8.32. The molecule has 0 radical (unpaired) electrons. The molecule has 0 aromatic carbocycles. The van der Waals surface area contributed by atoms with Gasteiger partial charge < -0.3 is 19.1 Å². The summed E-state index contributed by atoms with van der Waals surface area (Å²) < 4.78 is 6.78. The van der Waals surface area contributed by atoms with E-state index in [1.807, 2.05) is 15.9 Å². The number of nitrogens with zero attached hydrogens (tertiary/aromatic N) is 3. The number of hydrogen-bond acceptors (Lipinski definition) is 4. The Kier molecular flexibility index (Phi) is 5.53. The minimum absolute atomic E-state index is 0.000887. The smallest absolute Gasteiger partial charge is 0.263 e. The second kappa shape index (κ2) is 8.07. The molecule has 2 saturated heterocycles. The van der Waals surface area contributed by atoms with Crippen molar-refractivity contribution in [3.8, 4) is 0 Å². The van der Waals surface area contributed by atoms with Gasteiger partial charge in [-0.05, 0) is 37.3 Å². The summed E-state index contributed by atoms with van der Waals surface area (Å²) in [5.74, 6) is 0.257. The van der Waals surface area contributed by atoms with E-state index < -0.39 is 0 Å². The highest BCUT2D eigenvalue weighted by molar-refractivity contribution is 5.94. The summed E-state index contributed by atoms with van der Waals surface area (Å²) in [5, 5.41) is 0. The molecule has 152 valence electrons. The molecule has 2 atom stereocenters. The van der Waals surface area contributed by atoms with Crippen molar-refractivity contribution in [3.05, 3.63) is 33.7 Å². The zero-order valence-corrected chi connectivity index (χ0v) is 16.6. The van der Waals surface area contributed by atoms with Crippen LogP contribution in [0.1, 0.15) is 54.1 Å². The Labute approximate surface area is 165 Å². The van der Waals surface area contributed by atoms with Gasteiger partial charge in [-0.3, -0.25) is 14.4 Å². The van der Waals surface area contributed by atoms with Crippen LogP contribution < -0.4 is 5.56 Å². The fourth-order valence-electron chi connectivity index (χ4n) is 4.97. The zero-order valence-electron chi connectivity index (χ0n) is 16.6. The van der Waals surface area contributed by atoms with Gasteiger partial charge in [0.2, 0.25) is 5.91 Å². The third-order valence-electron chi connectivity index (χ3n) is 6.35. The molecule has 1 aromatic rings. The molecule has 7 heteroatoms. The number of piperidine rings is 1. The number of fused-ring (bicyclic) bond motifs is 4. The van der Waals surface area contributed by atoms with Gasteiger partial charge in [0.05, 0.1) is 0 Å². The van der Waals surface area contributed by atoms with Crippen molar-refractivity contribution in [2.45, 2.75) is 44.6 Å². The highest BCUT2D eigenvalue weighted by Crippen LogP contribution is 2.35. The van der Waals surface area contributed by atoms with Gasteiger partial charge in [0, 0.05) is 51.4 Å². The van der Waals surface area contributed by atoms with Gasteiger partial charge >= 0.3 is 0 Å². The van der Waals surface area contributed by atoms with Crippen LogP contribution in [0.3, 0.4) is 0 Å². The fourth-order valence-corrected chi connectivity index (χ4v) is 4.97. The summed E-state index contributed by atoms with van der Waals surface area (Å²) in [6.07, 6.45) is 5.29. The minimum Gasteiger partial charge on any atom is -0.375 e. The van der Waals surface area contributed by atoms with E-state index in [1.54, 1.807) is 10.6 Å². The normalized spacial score (nSPS) is 24.5. The highest BCUT2D eigenvalue weighted by Gasteiger charge is 2.37. The Morgan fingerprint density at radius 1 is 1.04 bits per heavy atom. The van der Waals surface area contributed by atoms with E-state index in [0.717, 1.165) is 50.9 Å². The average Bonchev–Trinajstić information content (AvgIpc) is 2.98. The highest BCUT2D eigenvalue weighted by atomic mass is 16.5. The van der Waals surface area contributed by atoms with Gasteiger partial charge in [0.15, 0.2) is 0 Å². The molecular weight excluding hydrogens is 358 g/mol. The van der Waals surface area contributed by atoms with E-state index in [1.165, 1.54) is 7.11 Å². The van der Waals surface area contributed by atoms with Crippen LogP contribution in [0, 0.1) is 5.92 Å². The van der Waals surface area contributed by atoms with Gasteiger partial charge in [-0.25, -0.2) is 0 Å². The number of likely N-dealkylation sites (tertiary alicyclic amines) is 2. The molecular formula is C21H29N3O4. The van der Waals surface area contributed by atoms with Crippen LogP contribution in [0.15, 0.2) is 16.9 Å². The first-order valence-corrected chi connectivity index (χ1v) is 10.4. The number of carbonyl (C=O) groups is 2. The summed E-state index contributed by atoms with van der Waals surface area (Å²) in [7, 11) is 1.53. The number of rotatable bonds is 3. The lowest BCUT2D eigenvalue weighted by molar-refractivity contribution is -0.137. The van der Waals surface area contributed by atoms with E-state index in [4.69, 9.17) is 4.74 Å². The molecule has 28 heavy (non-hydrogen) atoms. The first kappa shape index (κ1) is 19.2. The maximum Gasteiger partial charge on any atom is 0.263 e. The molecule has 2 bridgehead atoms. The molecule has 0 saturated carbocycles. The maximum absolute atomic E-state index is 13.1. The van der Waals surface area contributed by atoms with Crippen LogP contribution in [0.4, 0.5) is 0 Å². The lowest BCUT2D eigenvalue weighted by Crippen LogP contribution is -2.50. The summed E-state index contributed by atoms with van der Waals surface area (Å²) in [6.45, 7) is 3.40. The lowest BCUT2D eigenvalue weighted by atomic mass is 9.83. The molecule has 2 fully saturated rings. The average molecular weight is 387 g/mol. The van der Waals surface area contributed by atoms with Crippen molar-refractivity contribution in [1.29, 1.82) is 0 Å². The van der Waals surface area contributed by atoms with Crippen molar-refractivity contribution in [2.75, 3.05) is 39.9 Å². The van der Waals surface area contributed by atoms with Crippen molar-refractivity contribution < 1.29 is 14.3 Å². The molecule has 4 heterocycles. The van der Waals surface area contributed by atoms with Crippen LogP contribution in [-0.4, -0.2) is 66.1 Å². The van der Waals surface area contributed by atoms with E-state index in [9.17, 15) is 14.4 Å². The number of carbonyl (C=O) groups excluding carboxylic acids is 2. The van der Waals surface area contributed by atoms with E-state index in [2.05, 4.69) is 0 Å². The molecule has 0 aliphatic carbocycles. The van der Waals surface area contributed by atoms with Gasteiger partial charge in [-0.2, -0.15) is 0 Å². The Balaban J connectivity index is 1.58. The molecule has 0 N–H and O–H groups in total. The Morgan fingerprint density at radius 2 is 1.79 bits per heavy atom. The van der Waals surface area contributed by atoms with Crippen LogP contribution in [0.25, 0.3) is 0 Å². The number of pyridine rings is 1. The van der Waals surface area contributed by atoms with Gasteiger partial charge in [-0.1, -0.05) is 12.8 Å². The number of amides is 2.